The molecular weight excluding hydrogens is 238 g/mol. The van der Waals surface area contributed by atoms with Crippen molar-refractivity contribution in [1.82, 2.24) is 4.90 Å². The Balaban J connectivity index is 2.01. The zero-order valence-electron chi connectivity index (χ0n) is 12.1. The highest BCUT2D eigenvalue weighted by Crippen LogP contribution is 2.21. The molecule has 2 rings (SSSR count). The highest BCUT2D eigenvalue weighted by molar-refractivity contribution is 5.81. The number of carbonyl (C=O) groups excluding carboxylic acids is 1. The van der Waals surface area contributed by atoms with Gasteiger partial charge in [-0.3, -0.25) is 4.79 Å². The molecule has 3 nitrogen and oxygen atoms in total. The molecule has 1 aliphatic heterocycles. The van der Waals surface area contributed by atoms with Crippen molar-refractivity contribution in [3.63, 3.8) is 0 Å². The molecule has 1 fully saturated rings. The molecule has 1 atom stereocenters. The average Bonchev–Trinajstić information content (AvgIpc) is 2.43. The van der Waals surface area contributed by atoms with Gasteiger partial charge in [-0.2, -0.15) is 0 Å². The maximum atomic E-state index is 12.3. The summed E-state index contributed by atoms with van der Waals surface area (Å²) in [6, 6.07) is 6.08. The number of ether oxygens (including phenoxy) is 1. The van der Waals surface area contributed by atoms with Crippen molar-refractivity contribution in [1.29, 1.82) is 0 Å². The second-order valence-electron chi connectivity index (χ2n) is 5.41. The number of rotatable bonds is 3. The number of nitrogens with zero attached hydrogens (tertiary/aromatic N) is 1. The Morgan fingerprint density at radius 1 is 1.21 bits per heavy atom. The van der Waals surface area contributed by atoms with E-state index in [1.54, 1.807) is 0 Å². The lowest BCUT2D eigenvalue weighted by molar-refractivity contribution is -0.138. The standard InChI is InChI=1S/C16H23NO2/c1-12-7-8-13(2)15(11-12)19-14(3)16(18)17-9-5-4-6-10-17/h7-8,11,14H,4-6,9-10H2,1-3H3/t14-/m1/s1. The number of hydrogen-bond donors (Lipinski definition) is 0. The Morgan fingerprint density at radius 2 is 1.89 bits per heavy atom. The van der Waals surface area contributed by atoms with Crippen LogP contribution < -0.4 is 4.74 Å². The maximum absolute atomic E-state index is 12.3. The van der Waals surface area contributed by atoms with Crippen LogP contribution in [0.2, 0.25) is 0 Å². The first-order chi connectivity index (χ1) is 9.08. The van der Waals surface area contributed by atoms with Gasteiger partial charge in [-0.25, -0.2) is 0 Å². The number of aryl methyl sites for hydroxylation is 2. The minimum absolute atomic E-state index is 0.112. The van der Waals surface area contributed by atoms with Crippen molar-refractivity contribution in [3.05, 3.63) is 29.3 Å². The highest BCUT2D eigenvalue weighted by atomic mass is 16.5. The number of amides is 1. The Hall–Kier alpha value is -1.51. The van der Waals surface area contributed by atoms with Gasteiger partial charge in [-0.1, -0.05) is 12.1 Å². The monoisotopic (exact) mass is 261 g/mol. The van der Waals surface area contributed by atoms with Crippen molar-refractivity contribution in [3.8, 4) is 5.75 Å². The summed E-state index contributed by atoms with van der Waals surface area (Å²) in [5.41, 5.74) is 2.22. The fourth-order valence-electron chi connectivity index (χ4n) is 2.45. The van der Waals surface area contributed by atoms with Gasteiger partial charge in [0.05, 0.1) is 0 Å². The maximum Gasteiger partial charge on any atom is 0.263 e. The van der Waals surface area contributed by atoms with Crippen molar-refractivity contribution < 1.29 is 9.53 Å². The van der Waals surface area contributed by atoms with Gasteiger partial charge in [0.25, 0.3) is 5.91 Å². The van der Waals surface area contributed by atoms with E-state index in [1.807, 2.05) is 37.8 Å². The quantitative estimate of drug-likeness (QED) is 0.837. The van der Waals surface area contributed by atoms with Crippen LogP contribution in [0.5, 0.6) is 5.75 Å². The van der Waals surface area contributed by atoms with Crippen molar-refractivity contribution in [2.75, 3.05) is 13.1 Å². The Morgan fingerprint density at radius 3 is 2.58 bits per heavy atom. The molecule has 0 bridgehead atoms. The zero-order valence-corrected chi connectivity index (χ0v) is 12.1. The molecule has 0 unspecified atom stereocenters. The van der Waals surface area contributed by atoms with Crippen LogP contribution in [-0.2, 0) is 4.79 Å². The molecule has 0 aromatic heterocycles. The topological polar surface area (TPSA) is 29.5 Å². The van der Waals surface area contributed by atoms with E-state index >= 15 is 0 Å². The summed E-state index contributed by atoms with van der Waals surface area (Å²) in [5, 5.41) is 0. The summed E-state index contributed by atoms with van der Waals surface area (Å²) in [5.74, 6) is 0.929. The molecule has 104 valence electrons. The Bertz CT molecular complexity index is 450. The third-order valence-corrected chi connectivity index (χ3v) is 3.66. The number of likely N-dealkylation sites (tertiary alicyclic amines) is 1. The molecule has 1 aliphatic rings. The van der Waals surface area contributed by atoms with E-state index in [1.165, 1.54) is 6.42 Å². The van der Waals surface area contributed by atoms with Crippen LogP contribution in [0.1, 0.15) is 37.3 Å². The number of carbonyl (C=O) groups is 1. The SMILES string of the molecule is Cc1ccc(C)c(O[C@H](C)C(=O)N2CCCCC2)c1. The van der Waals surface area contributed by atoms with Gasteiger partial charge in [0.1, 0.15) is 5.75 Å². The predicted octanol–water partition coefficient (Wildman–Crippen LogP) is 3.08. The Kier molecular flexibility index (Phi) is 4.46. The van der Waals surface area contributed by atoms with Crippen LogP contribution in [0.25, 0.3) is 0 Å². The first-order valence-corrected chi connectivity index (χ1v) is 7.10. The smallest absolute Gasteiger partial charge is 0.263 e. The van der Waals surface area contributed by atoms with Gasteiger partial charge in [0, 0.05) is 13.1 Å². The molecule has 0 saturated carbocycles. The molecule has 1 saturated heterocycles. The summed E-state index contributed by atoms with van der Waals surface area (Å²) in [7, 11) is 0. The minimum Gasteiger partial charge on any atom is -0.481 e. The van der Waals surface area contributed by atoms with Crippen molar-refractivity contribution in [2.24, 2.45) is 0 Å². The van der Waals surface area contributed by atoms with Gasteiger partial charge in [-0.15, -0.1) is 0 Å². The molecule has 1 aromatic rings. The van der Waals surface area contributed by atoms with Gasteiger partial charge in [0.15, 0.2) is 6.10 Å². The van der Waals surface area contributed by atoms with Crippen LogP contribution >= 0.6 is 0 Å². The lowest BCUT2D eigenvalue weighted by Crippen LogP contribution is -2.43. The second-order valence-corrected chi connectivity index (χ2v) is 5.41. The molecule has 0 radical (unpaired) electrons. The molecular formula is C16H23NO2. The van der Waals surface area contributed by atoms with Crippen LogP contribution in [0.3, 0.4) is 0 Å². The highest BCUT2D eigenvalue weighted by Gasteiger charge is 2.23. The fraction of sp³-hybridized carbons (Fsp3) is 0.562. The predicted molar refractivity (Wildman–Crippen MR) is 76.4 cm³/mol. The zero-order chi connectivity index (χ0) is 13.8. The fourth-order valence-corrected chi connectivity index (χ4v) is 2.45. The summed E-state index contributed by atoms with van der Waals surface area (Å²) < 4.78 is 5.85. The summed E-state index contributed by atoms with van der Waals surface area (Å²) in [4.78, 5) is 14.2. The first-order valence-electron chi connectivity index (χ1n) is 7.10. The minimum atomic E-state index is -0.404. The molecule has 0 aliphatic carbocycles. The van der Waals surface area contributed by atoms with E-state index in [4.69, 9.17) is 4.74 Å². The molecule has 1 aromatic carbocycles. The van der Waals surface area contributed by atoms with Gasteiger partial charge < -0.3 is 9.64 Å². The molecule has 3 heteroatoms. The molecule has 0 spiro atoms. The van der Waals surface area contributed by atoms with Gasteiger partial charge in [-0.05, 0) is 57.2 Å². The van der Waals surface area contributed by atoms with E-state index in [-0.39, 0.29) is 5.91 Å². The largest absolute Gasteiger partial charge is 0.481 e. The summed E-state index contributed by atoms with van der Waals surface area (Å²) >= 11 is 0. The average molecular weight is 261 g/mol. The normalized spacial score (nSPS) is 17.1. The molecule has 1 heterocycles. The Labute approximate surface area is 115 Å². The summed E-state index contributed by atoms with van der Waals surface area (Å²) in [6.07, 6.45) is 3.05. The van der Waals surface area contributed by atoms with E-state index in [0.29, 0.717) is 0 Å². The molecule has 0 N–H and O–H groups in total. The molecule has 19 heavy (non-hydrogen) atoms. The lowest BCUT2D eigenvalue weighted by atomic mass is 10.1. The summed E-state index contributed by atoms with van der Waals surface area (Å²) in [6.45, 7) is 7.63. The number of hydrogen-bond acceptors (Lipinski definition) is 2. The van der Waals surface area contributed by atoms with Crippen LogP contribution in [0.4, 0.5) is 0 Å². The van der Waals surface area contributed by atoms with E-state index < -0.39 is 6.10 Å². The van der Waals surface area contributed by atoms with E-state index in [2.05, 4.69) is 6.07 Å². The van der Waals surface area contributed by atoms with E-state index in [9.17, 15) is 4.79 Å². The lowest BCUT2D eigenvalue weighted by Gasteiger charge is -2.29. The number of piperidine rings is 1. The van der Waals surface area contributed by atoms with Crippen LogP contribution in [0, 0.1) is 13.8 Å². The van der Waals surface area contributed by atoms with Gasteiger partial charge in [0.2, 0.25) is 0 Å². The third-order valence-electron chi connectivity index (χ3n) is 3.66. The third kappa shape index (κ3) is 3.49. The van der Waals surface area contributed by atoms with Gasteiger partial charge >= 0.3 is 0 Å². The number of benzene rings is 1. The van der Waals surface area contributed by atoms with Crippen LogP contribution in [-0.4, -0.2) is 30.0 Å². The van der Waals surface area contributed by atoms with Crippen molar-refractivity contribution in [2.45, 2.75) is 46.1 Å². The van der Waals surface area contributed by atoms with Crippen molar-refractivity contribution >= 4 is 5.91 Å². The first kappa shape index (κ1) is 13.9. The van der Waals surface area contributed by atoms with Crippen LogP contribution in [0.15, 0.2) is 18.2 Å². The second kappa shape index (κ2) is 6.09. The molecule has 1 amide bonds. The van der Waals surface area contributed by atoms with E-state index in [0.717, 1.165) is 42.8 Å².